The summed E-state index contributed by atoms with van der Waals surface area (Å²) in [5, 5.41) is 24.2. The van der Waals surface area contributed by atoms with E-state index >= 15 is 0 Å². The lowest BCUT2D eigenvalue weighted by molar-refractivity contribution is -0.384. The third-order valence-electron chi connectivity index (χ3n) is 3.66. The first-order valence-corrected chi connectivity index (χ1v) is 10.6. The second kappa shape index (κ2) is 9.65. The molecule has 0 unspecified atom stereocenters. The molecule has 0 saturated heterocycles. The van der Waals surface area contributed by atoms with Crippen molar-refractivity contribution >= 4 is 63.0 Å². The number of hydrogen-bond acceptors (Lipinski definition) is 8. The molecular formula is C18H14ClN5O4S2. The maximum Gasteiger partial charge on any atom is 0.288 e. The van der Waals surface area contributed by atoms with Gasteiger partial charge in [0.15, 0.2) is 4.34 Å². The summed E-state index contributed by atoms with van der Waals surface area (Å²) in [4.78, 5) is 34.7. The monoisotopic (exact) mass is 463 g/mol. The highest BCUT2D eigenvalue weighted by atomic mass is 35.5. The zero-order chi connectivity index (χ0) is 21.7. The van der Waals surface area contributed by atoms with E-state index in [1.807, 2.05) is 25.1 Å². The van der Waals surface area contributed by atoms with Crippen LogP contribution in [-0.4, -0.2) is 32.7 Å². The molecule has 0 spiro atoms. The molecule has 3 aromatic rings. The Bertz CT molecular complexity index is 1120. The van der Waals surface area contributed by atoms with Gasteiger partial charge in [-0.05, 0) is 36.8 Å². The fraction of sp³-hybridized carbons (Fsp3) is 0.111. The van der Waals surface area contributed by atoms with E-state index in [1.54, 1.807) is 6.07 Å². The molecule has 0 aliphatic heterocycles. The van der Waals surface area contributed by atoms with Gasteiger partial charge in [0.2, 0.25) is 11.0 Å². The van der Waals surface area contributed by atoms with E-state index in [2.05, 4.69) is 20.8 Å². The first-order chi connectivity index (χ1) is 14.3. The van der Waals surface area contributed by atoms with Gasteiger partial charge in [0.1, 0.15) is 5.02 Å². The van der Waals surface area contributed by atoms with Crippen LogP contribution in [0.25, 0.3) is 0 Å². The molecule has 0 saturated carbocycles. The number of nitro benzene ring substituents is 1. The SMILES string of the molecule is Cc1cccc(NC(=O)CSc2nnc(NC(=O)c3ccc(Cl)c([N+](=O)[O-])c3)s2)c1. The van der Waals surface area contributed by atoms with Crippen LogP contribution in [0.15, 0.2) is 46.8 Å². The van der Waals surface area contributed by atoms with Gasteiger partial charge in [-0.25, -0.2) is 0 Å². The zero-order valence-electron chi connectivity index (χ0n) is 15.4. The predicted octanol–water partition coefficient (Wildman–Crippen LogP) is 4.39. The highest BCUT2D eigenvalue weighted by Crippen LogP contribution is 2.28. The first kappa shape index (κ1) is 21.7. The number of aryl methyl sites for hydroxylation is 1. The molecule has 2 amide bonds. The van der Waals surface area contributed by atoms with Gasteiger partial charge >= 0.3 is 0 Å². The fourth-order valence-electron chi connectivity index (χ4n) is 2.33. The number of thioether (sulfide) groups is 1. The molecule has 0 aliphatic rings. The standard InChI is InChI=1S/C18H14ClN5O4S2/c1-10-3-2-4-12(7-10)20-15(25)9-29-18-23-22-17(30-18)21-16(26)11-5-6-13(19)14(8-11)24(27)28/h2-8H,9H2,1H3,(H,20,25)(H,21,22,26). The van der Waals surface area contributed by atoms with Gasteiger partial charge in [-0.15, -0.1) is 10.2 Å². The number of anilines is 2. The Morgan fingerprint density at radius 2 is 2.00 bits per heavy atom. The van der Waals surface area contributed by atoms with Crippen molar-refractivity contribution in [3.05, 3.63) is 68.7 Å². The van der Waals surface area contributed by atoms with Crippen molar-refractivity contribution in [1.29, 1.82) is 0 Å². The topological polar surface area (TPSA) is 127 Å². The molecule has 0 radical (unpaired) electrons. The smallest absolute Gasteiger partial charge is 0.288 e. The molecule has 30 heavy (non-hydrogen) atoms. The Morgan fingerprint density at radius 3 is 2.73 bits per heavy atom. The van der Waals surface area contributed by atoms with Gasteiger partial charge in [-0.1, -0.05) is 46.8 Å². The Balaban J connectivity index is 1.56. The molecule has 2 aromatic carbocycles. The Kier molecular flexibility index (Phi) is 6.98. The molecule has 0 fully saturated rings. The van der Waals surface area contributed by atoms with Gasteiger partial charge in [0, 0.05) is 17.3 Å². The summed E-state index contributed by atoms with van der Waals surface area (Å²) in [6, 6.07) is 11.2. The summed E-state index contributed by atoms with van der Waals surface area (Å²) in [6.07, 6.45) is 0. The van der Waals surface area contributed by atoms with Gasteiger partial charge < -0.3 is 5.32 Å². The second-order valence-electron chi connectivity index (χ2n) is 5.96. The van der Waals surface area contributed by atoms with Crippen LogP contribution in [0.2, 0.25) is 5.02 Å². The molecule has 9 nitrogen and oxygen atoms in total. The number of carbonyl (C=O) groups is 2. The van der Waals surface area contributed by atoms with Crippen molar-refractivity contribution in [2.45, 2.75) is 11.3 Å². The van der Waals surface area contributed by atoms with Crippen molar-refractivity contribution < 1.29 is 14.5 Å². The maximum absolute atomic E-state index is 12.3. The number of carbonyl (C=O) groups excluding carboxylic acids is 2. The van der Waals surface area contributed by atoms with Crippen LogP contribution in [0.3, 0.4) is 0 Å². The quantitative estimate of drug-likeness (QED) is 0.230. The van der Waals surface area contributed by atoms with E-state index in [-0.39, 0.29) is 33.1 Å². The third kappa shape index (κ3) is 5.75. The number of rotatable bonds is 7. The number of nitro groups is 1. The predicted molar refractivity (Wildman–Crippen MR) is 117 cm³/mol. The van der Waals surface area contributed by atoms with Crippen molar-refractivity contribution in [1.82, 2.24) is 10.2 Å². The average Bonchev–Trinajstić information content (AvgIpc) is 3.14. The lowest BCUT2D eigenvalue weighted by Crippen LogP contribution is -2.13. The Morgan fingerprint density at radius 1 is 1.20 bits per heavy atom. The molecule has 0 aliphatic carbocycles. The van der Waals surface area contributed by atoms with Crippen LogP contribution in [0.5, 0.6) is 0 Å². The van der Waals surface area contributed by atoms with E-state index < -0.39 is 10.8 Å². The summed E-state index contributed by atoms with van der Waals surface area (Å²) < 4.78 is 0.492. The third-order valence-corrected chi connectivity index (χ3v) is 5.95. The van der Waals surface area contributed by atoms with E-state index in [9.17, 15) is 19.7 Å². The zero-order valence-corrected chi connectivity index (χ0v) is 17.8. The van der Waals surface area contributed by atoms with Crippen molar-refractivity contribution in [2.75, 3.05) is 16.4 Å². The van der Waals surface area contributed by atoms with Gasteiger partial charge in [0.05, 0.1) is 10.7 Å². The maximum atomic E-state index is 12.3. The van der Waals surface area contributed by atoms with E-state index in [0.29, 0.717) is 10.0 Å². The summed E-state index contributed by atoms with van der Waals surface area (Å²) in [5.74, 6) is -0.653. The summed E-state index contributed by atoms with van der Waals surface area (Å²) in [6.45, 7) is 1.93. The highest BCUT2D eigenvalue weighted by molar-refractivity contribution is 8.01. The lowest BCUT2D eigenvalue weighted by Gasteiger charge is -2.04. The molecule has 2 N–H and O–H groups in total. The molecule has 154 valence electrons. The highest BCUT2D eigenvalue weighted by Gasteiger charge is 2.17. The molecule has 1 heterocycles. The molecule has 0 atom stereocenters. The largest absolute Gasteiger partial charge is 0.325 e. The number of amides is 2. The fourth-order valence-corrected chi connectivity index (χ4v) is 4.06. The van der Waals surface area contributed by atoms with Gasteiger partial charge in [-0.2, -0.15) is 0 Å². The van der Waals surface area contributed by atoms with E-state index in [4.69, 9.17) is 11.6 Å². The Labute approximate surface area is 184 Å². The molecule has 1 aromatic heterocycles. The first-order valence-electron chi connectivity index (χ1n) is 8.40. The molecule has 12 heteroatoms. The number of nitrogens with one attached hydrogen (secondary N) is 2. The number of aromatic nitrogens is 2. The normalized spacial score (nSPS) is 10.5. The van der Waals surface area contributed by atoms with Crippen molar-refractivity contribution in [2.24, 2.45) is 0 Å². The summed E-state index contributed by atoms with van der Waals surface area (Å²) in [5.41, 5.74) is 1.45. The lowest BCUT2D eigenvalue weighted by atomic mass is 10.2. The van der Waals surface area contributed by atoms with Gasteiger partial charge in [-0.3, -0.25) is 25.0 Å². The molecular weight excluding hydrogens is 450 g/mol. The van der Waals surface area contributed by atoms with Crippen LogP contribution in [-0.2, 0) is 4.79 Å². The van der Waals surface area contributed by atoms with Crippen LogP contribution in [0, 0.1) is 17.0 Å². The number of nitrogens with zero attached hydrogens (tertiary/aromatic N) is 3. The number of benzene rings is 2. The van der Waals surface area contributed by atoms with Crippen LogP contribution in [0.4, 0.5) is 16.5 Å². The molecule has 0 bridgehead atoms. The minimum Gasteiger partial charge on any atom is -0.325 e. The second-order valence-corrected chi connectivity index (χ2v) is 8.56. The van der Waals surface area contributed by atoms with Crippen LogP contribution in [0.1, 0.15) is 15.9 Å². The Hall–Kier alpha value is -3.02. The van der Waals surface area contributed by atoms with Crippen molar-refractivity contribution in [3.63, 3.8) is 0 Å². The minimum absolute atomic E-state index is 0.0601. The average molecular weight is 464 g/mol. The minimum atomic E-state index is -0.666. The van der Waals surface area contributed by atoms with Crippen LogP contribution < -0.4 is 10.6 Å². The number of hydrogen-bond donors (Lipinski definition) is 2. The van der Waals surface area contributed by atoms with E-state index in [0.717, 1.165) is 23.0 Å². The summed E-state index contributed by atoms with van der Waals surface area (Å²) >= 11 is 8.02. The number of halogens is 1. The van der Waals surface area contributed by atoms with Crippen LogP contribution >= 0.6 is 34.7 Å². The van der Waals surface area contributed by atoms with Gasteiger partial charge in [0.25, 0.3) is 11.6 Å². The van der Waals surface area contributed by atoms with Crippen molar-refractivity contribution in [3.8, 4) is 0 Å². The van der Waals surface area contributed by atoms with E-state index in [1.165, 1.54) is 23.9 Å². The summed E-state index contributed by atoms with van der Waals surface area (Å²) in [7, 11) is 0. The molecule has 3 rings (SSSR count).